The van der Waals surface area contributed by atoms with Crippen LogP contribution in [0.2, 0.25) is 0 Å². The van der Waals surface area contributed by atoms with Gasteiger partial charge in [0.15, 0.2) is 0 Å². The van der Waals surface area contributed by atoms with Gasteiger partial charge in [0.1, 0.15) is 11.8 Å². The van der Waals surface area contributed by atoms with Gasteiger partial charge in [-0.2, -0.15) is 0 Å². The predicted octanol–water partition coefficient (Wildman–Crippen LogP) is 2.54. The summed E-state index contributed by atoms with van der Waals surface area (Å²) in [5, 5.41) is 6.48. The van der Waals surface area contributed by atoms with Gasteiger partial charge in [-0.1, -0.05) is 23.4 Å². The van der Waals surface area contributed by atoms with Crippen LogP contribution in [0.5, 0.6) is 0 Å². The summed E-state index contributed by atoms with van der Waals surface area (Å²) in [6.45, 7) is 3.67. The number of hydrogen-bond acceptors (Lipinski definition) is 3. The number of hydrogen-bond donors (Lipinski definition) is 1. The minimum atomic E-state index is -0.201. The zero-order valence-electron chi connectivity index (χ0n) is 9.15. The third kappa shape index (κ3) is 1.95. The molecule has 16 heavy (non-hydrogen) atoms. The van der Waals surface area contributed by atoms with Crippen LogP contribution in [-0.2, 0) is 0 Å². The molecule has 1 aromatic carbocycles. The molecule has 0 fully saturated rings. The maximum absolute atomic E-state index is 11.8. The first-order chi connectivity index (χ1) is 7.68. The first-order valence-electron chi connectivity index (χ1n) is 4.96. The highest BCUT2D eigenvalue weighted by Gasteiger charge is 2.13. The topological polar surface area (TPSA) is 55.1 Å². The fourth-order valence-electron chi connectivity index (χ4n) is 1.41. The Kier molecular flexibility index (Phi) is 2.72. The Morgan fingerprint density at radius 3 is 2.69 bits per heavy atom. The zero-order valence-corrected chi connectivity index (χ0v) is 9.15. The number of nitrogens with one attached hydrogen (secondary N) is 1. The van der Waals surface area contributed by atoms with Crippen molar-refractivity contribution in [3.05, 3.63) is 47.3 Å². The number of nitrogens with zero attached hydrogens (tertiary/aromatic N) is 1. The number of rotatable bonds is 2. The SMILES string of the molecule is Cc1ccccc1NC(=O)c1conc1C. The molecule has 1 heterocycles. The fraction of sp³-hybridized carbons (Fsp3) is 0.167. The fourth-order valence-corrected chi connectivity index (χ4v) is 1.41. The molecule has 0 spiro atoms. The molecular weight excluding hydrogens is 204 g/mol. The van der Waals surface area contributed by atoms with Crippen molar-refractivity contribution in [1.82, 2.24) is 5.16 Å². The largest absolute Gasteiger partial charge is 0.364 e. The van der Waals surface area contributed by atoms with Crippen molar-refractivity contribution in [3.63, 3.8) is 0 Å². The number of amides is 1. The van der Waals surface area contributed by atoms with E-state index in [0.717, 1.165) is 11.3 Å². The number of aryl methyl sites for hydroxylation is 2. The molecule has 2 aromatic rings. The van der Waals surface area contributed by atoms with Gasteiger partial charge in [0.2, 0.25) is 0 Å². The van der Waals surface area contributed by atoms with E-state index in [-0.39, 0.29) is 5.91 Å². The van der Waals surface area contributed by atoms with Gasteiger partial charge in [-0.25, -0.2) is 0 Å². The monoisotopic (exact) mass is 216 g/mol. The smallest absolute Gasteiger partial charge is 0.260 e. The lowest BCUT2D eigenvalue weighted by Gasteiger charge is -2.06. The first-order valence-corrected chi connectivity index (χ1v) is 4.96. The molecule has 4 nitrogen and oxygen atoms in total. The van der Waals surface area contributed by atoms with Crippen LogP contribution in [0.4, 0.5) is 5.69 Å². The zero-order chi connectivity index (χ0) is 11.5. The maximum atomic E-state index is 11.8. The number of aromatic nitrogens is 1. The Morgan fingerprint density at radius 2 is 2.06 bits per heavy atom. The molecule has 0 aliphatic rings. The molecule has 0 bridgehead atoms. The third-order valence-electron chi connectivity index (χ3n) is 2.39. The van der Waals surface area contributed by atoms with E-state index in [1.165, 1.54) is 6.26 Å². The molecule has 0 saturated carbocycles. The molecule has 0 saturated heterocycles. The molecule has 2 rings (SSSR count). The second kappa shape index (κ2) is 4.18. The minimum absolute atomic E-state index is 0.201. The van der Waals surface area contributed by atoms with Crippen LogP contribution in [0.3, 0.4) is 0 Å². The summed E-state index contributed by atoms with van der Waals surface area (Å²) < 4.78 is 4.72. The van der Waals surface area contributed by atoms with Crippen LogP contribution >= 0.6 is 0 Å². The van der Waals surface area contributed by atoms with Gasteiger partial charge < -0.3 is 9.84 Å². The van der Waals surface area contributed by atoms with Gasteiger partial charge in [0.05, 0.1) is 5.69 Å². The molecule has 0 aliphatic carbocycles. The van der Waals surface area contributed by atoms with Crippen LogP contribution < -0.4 is 5.32 Å². The third-order valence-corrected chi connectivity index (χ3v) is 2.39. The Labute approximate surface area is 93.3 Å². The van der Waals surface area contributed by atoms with E-state index >= 15 is 0 Å². The van der Waals surface area contributed by atoms with Crippen LogP contribution in [0.25, 0.3) is 0 Å². The minimum Gasteiger partial charge on any atom is -0.364 e. The van der Waals surface area contributed by atoms with Gasteiger partial charge in [-0.3, -0.25) is 4.79 Å². The van der Waals surface area contributed by atoms with E-state index in [1.807, 2.05) is 31.2 Å². The van der Waals surface area contributed by atoms with Gasteiger partial charge >= 0.3 is 0 Å². The highest BCUT2D eigenvalue weighted by molar-refractivity contribution is 6.05. The lowest BCUT2D eigenvalue weighted by molar-refractivity contribution is 0.102. The van der Waals surface area contributed by atoms with Gasteiger partial charge in [-0.05, 0) is 25.5 Å². The maximum Gasteiger partial charge on any atom is 0.260 e. The predicted molar refractivity (Wildman–Crippen MR) is 60.4 cm³/mol. The van der Waals surface area contributed by atoms with Crippen LogP contribution in [0.15, 0.2) is 35.1 Å². The van der Waals surface area contributed by atoms with Crippen LogP contribution in [0, 0.1) is 13.8 Å². The second-order valence-corrected chi connectivity index (χ2v) is 3.58. The van der Waals surface area contributed by atoms with Crippen molar-refractivity contribution >= 4 is 11.6 Å². The van der Waals surface area contributed by atoms with Gasteiger partial charge in [-0.15, -0.1) is 0 Å². The molecule has 0 aliphatic heterocycles. The number of carbonyl (C=O) groups excluding carboxylic acids is 1. The molecule has 4 heteroatoms. The quantitative estimate of drug-likeness (QED) is 0.839. The molecule has 82 valence electrons. The summed E-state index contributed by atoms with van der Waals surface area (Å²) in [4.78, 5) is 11.8. The van der Waals surface area contributed by atoms with E-state index < -0.39 is 0 Å². The Balaban J connectivity index is 2.21. The Bertz CT molecular complexity index is 517. The molecule has 1 N–H and O–H groups in total. The normalized spacial score (nSPS) is 10.1. The summed E-state index contributed by atoms with van der Waals surface area (Å²) >= 11 is 0. The lowest BCUT2D eigenvalue weighted by Crippen LogP contribution is -2.13. The average molecular weight is 216 g/mol. The summed E-state index contributed by atoms with van der Waals surface area (Å²) in [6.07, 6.45) is 1.35. The highest BCUT2D eigenvalue weighted by Crippen LogP contribution is 2.15. The lowest BCUT2D eigenvalue weighted by atomic mass is 10.2. The van der Waals surface area contributed by atoms with E-state index in [1.54, 1.807) is 6.92 Å². The van der Waals surface area contributed by atoms with Crippen molar-refractivity contribution in [2.45, 2.75) is 13.8 Å². The van der Waals surface area contributed by atoms with Crippen molar-refractivity contribution in [2.75, 3.05) is 5.32 Å². The van der Waals surface area contributed by atoms with Crippen molar-refractivity contribution in [2.24, 2.45) is 0 Å². The summed E-state index contributed by atoms with van der Waals surface area (Å²) in [5.74, 6) is -0.201. The second-order valence-electron chi connectivity index (χ2n) is 3.58. The summed E-state index contributed by atoms with van der Waals surface area (Å²) in [5.41, 5.74) is 2.87. The molecule has 1 aromatic heterocycles. The molecule has 1 amide bonds. The standard InChI is InChI=1S/C12H12N2O2/c1-8-5-3-4-6-11(8)13-12(15)10-7-16-14-9(10)2/h3-7H,1-2H3,(H,13,15). The van der Waals surface area contributed by atoms with E-state index in [0.29, 0.717) is 11.3 Å². The molecule has 0 unspecified atom stereocenters. The highest BCUT2D eigenvalue weighted by atomic mass is 16.5. The number of anilines is 1. The van der Waals surface area contributed by atoms with Crippen LogP contribution in [-0.4, -0.2) is 11.1 Å². The van der Waals surface area contributed by atoms with E-state index in [2.05, 4.69) is 10.5 Å². The number of para-hydroxylation sites is 1. The summed E-state index contributed by atoms with van der Waals surface area (Å²) in [6, 6.07) is 7.60. The molecule has 0 radical (unpaired) electrons. The van der Waals surface area contributed by atoms with Crippen molar-refractivity contribution in [3.8, 4) is 0 Å². The van der Waals surface area contributed by atoms with Crippen LogP contribution in [0.1, 0.15) is 21.6 Å². The molecule has 0 atom stereocenters. The van der Waals surface area contributed by atoms with Gasteiger partial charge in [0.25, 0.3) is 5.91 Å². The Hall–Kier alpha value is -2.10. The van der Waals surface area contributed by atoms with E-state index in [9.17, 15) is 4.79 Å². The Morgan fingerprint density at radius 1 is 1.31 bits per heavy atom. The number of benzene rings is 1. The average Bonchev–Trinajstić information content (AvgIpc) is 2.68. The number of carbonyl (C=O) groups is 1. The van der Waals surface area contributed by atoms with E-state index in [4.69, 9.17) is 4.52 Å². The van der Waals surface area contributed by atoms with Gasteiger partial charge in [0, 0.05) is 5.69 Å². The first kappa shape index (κ1) is 10.4. The summed E-state index contributed by atoms with van der Waals surface area (Å²) in [7, 11) is 0. The molecular formula is C12H12N2O2. The van der Waals surface area contributed by atoms with Crippen molar-refractivity contribution < 1.29 is 9.32 Å². The van der Waals surface area contributed by atoms with Crippen molar-refractivity contribution in [1.29, 1.82) is 0 Å².